The van der Waals surface area contributed by atoms with Gasteiger partial charge in [-0.25, -0.2) is 0 Å². The third-order valence-corrected chi connectivity index (χ3v) is 6.97. The van der Waals surface area contributed by atoms with Crippen molar-refractivity contribution in [2.75, 3.05) is 19.8 Å². The first-order valence-corrected chi connectivity index (χ1v) is 8.62. The Kier molecular flexibility index (Phi) is 4.41. The molecule has 1 fully saturated rings. The van der Waals surface area contributed by atoms with Crippen molar-refractivity contribution in [3.63, 3.8) is 0 Å². The predicted octanol–water partition coefficient (Wildman–Crippen LogP) is 2.93. The molecule has 0 N–H and O–H groups in total. The molecule has 2 bridgehead atoms. The van der Waals surface area contributed by atoms with Crippen LogP contribution >= 0.6 is 0 Å². The van der Waals surface area contributed by atoms with Gasteiger partial charge in [0.05, 0.1) is 0 Å². The molecule has 2 rings (SSSR count). The summed E-state index contributed by atoms with van der Waals surface area (Å²) < 4.78 is 17.9. The summed E-state index contributed by atoms with van der Waals surface area (Å²) in [5.74, 6) is 1.42. The van der Waals surface area contributed by atoms with Crippen molar-refractivity contribution in [2.24, 2.45) is 11.8 Å². The maximum absolute atomic E-state index is 5.97. The van der Waals surface area contributed by atoms with Crippen LogP contribution in [0.15, 0.2) is 11.3 Å². The highest BCUT2D eigenvalue weighted by atomic mass is 28.4. The molecule has 17 heavy (non-hydrogen) atoms. The van der Waals surface area contributed by atoms with Gasteiger partial charge in [0, 0.05) is 19.8 Å². The first-order chi connectivity index (χ1) is 8.25. The van der Waals surface area contributed by atoms with Gasteiger partial charge in [0.25, 0.3) is 0 Å². The quantitative estimate of drug-likeness (QED) is 0.656. The van der Waals surface area contributed by atoms with E-state index in [1.54, 1.807) is 0 Å². The summed E-state index contributed by atoms with van der Waals surface area (Å²) in [6.07, 6.45) is 6.31. The van der Waals surface area contributed by atoms with E-state index in [-0.39, 0.29) is 0 Å². The van der Waals surface area contributed by atoms with Crippen molar-refractivity contribution in [3.8, 4) is 0 Å². The van der Waals surface area contributed by atoms with Crippen LogP contribution in [0.4, 0.5) is 0 Å². The number of rotatable bonds is 7. The lowest BCUT2D eigenvalue weighted by molar-refractivity contribution is 0.0780. The molecule has 0 aliphatic heterocycles. The first kappa shape index (κ1) is 13.3. The summed E-state index contributed by atoms with van der Waals surface area (Å²) in [5.41, 5.74) is 0. The van der Waals surface area contributed by atoms with Gasteiger partial charge in [-0.3, -0.25) is 0 Å². The molecule has 0 aromatic rings. The number of hydrogen-bond acceptors (Lipinski definition) is 3. The summed E-state index contributed by atoms with van der Waals surface area (Å²) in [5, 5.41) is 1.37. The van der Waals surface area contributed by atoms with Crippen LogP contribution in [0, 0.1) is 11.8 Å². The molecule has 0 heterocycles. The van der Waals surface area contributed by atoms with Gasteiger partial charge in [-0.15, -0.1) is 0 Å². The fourth-order valence-corrected chi connectivity index (χ4v) is 6.23. The van der Waals surface area contributed by atoms with Crippen LogP contribution in [-0.2, 0) is 13.3 Å². The first-order valence-electron chi connectivity index (χ1n) is 6.89. The van der Waals surface area contributed by atoms with Crippen LogP contribution in [0.25, 0.3) is 0 Å². The zero-order chi connectivity index (χ0) is 12.3. The molecule has 1 unspecified atom stereocenters. The molecule has 3 nitrogen and oxygen atoms in total. The van der Waals surface area contributed by atoms with E-state index < -0.39 is 8.80 Å². The summed E-state index contributed by atoms with van der Waals surface area (Å²) in [6.45, 7) is 8.07. The molecular weight excluding hydrogens is 232 g/mol. The topological polar surface area (TPSA) is 27.7 Å². The smallest absolute Gasteiger partial charge is 0.370 e. The second kappa shape index (κ2) is 5.65. The van der Waals surface area contributed by atoms with Crippen LogP contribution in [0.2, 0.25) is 0 Å². The molecule has 2 aliphatic rings. The number of allylic oxidation sites excluding steroid dienone is 2. The SMILES string of the molecule is CCO[Si](OCC)(OCC)C1=CC2CC[C@H]1C2. The van der Waals surface area contributed by atoms with E-state index in [1.807, 2.05) is 20.8 Å². The van der Waals surface area contributed by atoms with Gasteiger partial charge >= 0.3 is 8.80 Å². The Morgan fingerprint density at radius 2 is 1.65 bits per heavy atom. The Hall–Kier alpha value is -0.163. The van der Waals surface area contributed by atoms with E-state index >= 15 is 0 Å². The van der Waals surface area contributed by atoms with Crippen LogP contribution in [-0.4, -0.2) is 28.6 Å². The number of hydrogen-bond donors (Lipinski definition) is 0. The van der Waals surface area contributed by atoms with Crippen molar-refractivity contribution in [1.82, 2.24) is 0 Å². The lowest BCUT2D eigenvalue weighted by Gasteiger charge is -2.32. The van der Waals surface area contributed by atoms with Gasteiger partial charge in [-0.05, 0) is 57.1 Å². The van der Waals surface area contributed by atoms with Gasteiger partial charge in [0.2, 0.25) is 0 Å². The van der Waals surface area contributed by atoms with Crippen LogP contribution < -0.4 is 0 Å². The van der Waals surface area contributed by atoms with Gasteiger partial charge in [0.1, 0.15) is 0 Å². The van der Waals surface area contributed by atoms with E-state index in [1.165, 1.54) is 24.5 Å². The zero-order valence-electron chi connectivity index (χ0n) is 11.2. The minimum Gasteiger partial charge on any atom is -0.370 e. The molecule has 0 spiro atoms. The Balaban J connectivity index is 2.21. The average molecular weight is 256 g/mol. The van der Waals surface area contributed by atoms with E-state index in [2.05, 4.69) is 6.08 Å². The third-order valence-electron chi connectivity index (χ3n) is 3.68. The Morgan fingerprint density at radius 1 is 1.06 bits per heavy atom. The lowest BCUT2D eigenvalue weighted by atomic mass is 10.1. The maximum Gasteiger partial charge on any atom is 0.532 e. The molecule has 0 saturated heterocycles. The molecule has 2 aliphatic carbocycles. The highest BCUT2D eigenvalue weighted by Gasteiger charge is 2.52. The molecule has 98 valence electrons. The van der Waals surface area contributed by atoms with E-state index in [4.69, 9.17) is 13.3 Å². The minimum absolute atomic E-state index is 0.663. The zero-order valence-corrected chi connectivity index (χ0v) is 12.2. The van der Waals surface area contributed by atoms with Gasteiger partial charge in [0.15, 0.2) is 0 Å². The van der Waals surface area contributed by atoms with E-state index in [0.29, 0.717) is 25.7 Å². The average Bonchev–Trinajstić information content (AvgIpc) is 2.91. The van der Waals surface area contributed by atoms with Crippen LogP contribution in [0.3, 0.4) is 0 Å². The largest absolute Gasteiger partial charge is 0.532 e. The summed E-state index contributed by atoms with van der Waals surface area (Å²) >= 11 is 0. The Labute approximate surface area is 106 Å². The van der Waals surface area contributed by atoms with Gasteiger partial charge in [-0.2, -0.15) is 0 Å². The summed E-state index contributed by atoms with van der Waals surface area (Å²) in [6, 6.07) is 0. The maximum atomic E-state index is 5.97. The molecular formula is C13H24O3Si. The molecule has 0 aromatic heterocycles. The second-order valence-corrected chi connectivity index (χ2v) is 7.30. The molecule has 4 heteroatoms. The van der Waals surface area contributed by atoms with E-state index in [9.17, 15) is 0 Å². The highest BCUT2D eigenvalue weighted by molar-refractivity contribution is 6.69. The van der Waals surface area contributed by atoms with Gasteiger partial charge < -0.3 is 13.3 Å². The molecule has 2 atom stereocenters. The fourth-order valence-electron chi connectivity index (χ4n) is 3.14. The van der Waals surface area contributed by atoms with Crippen molar-refractivity contribution >= 4 is 8.80 Å². The van der Waals surface area contributed by atoms with Gasteiger partial charge in [-0.1, -0.05) is 6.08 Å². The molecule has 0 radical (unpaired) electrons. The molecule has 0 amide bonds. The molecule has 1 saturated carbocycles. The molecule has 0 aromatic carbocycles. The predicted molar refractivity (Wildman–Crippen MR) is 69.5 cm³/mol. The van der Waals surface area contributed by atoms with Crippen LogP contribution in [0.5, 0.6) is 0 Å². The van der Waals surface area contributed by atoms with Crippen molar-refractivity contribution in [3.05, 3.63) is 11.3 Å². The van der Waals surface area contributed by atoms with Crippen molar-refractivity contribution in [1.29, 1.82) is 0 Å². The normalized spacial score (nSPS) is 27.6. The Bertz CT molecular complexity index is 273. The fraction of sp³-hybridized carbons (Fsp3) is 0.846. The monoisotopic (exact) mass is 256 g/mol. The second-order valence-electron chi connectivity index (χ2n) is 4.75. The van der Waals surface area contributed by atoms with E-state index in [0.717, 1.165) is 5.92 Å². The third kappa shape index (κ3) is 2.50. The standard InChI is InChI=1S/C13H24O3Si/c1-4-14-17(15-5-2,16-6-3)13-10-11-7-8-12(13)9-11/h10-12H,4-9H2,1-3H3/t11?,12-/m0/s1. The minimum atomic E-state index is -2.55. The summed E-state index contributed by atoms with van der Waals surface area (Å²) in [7, 11) is -2.55. The highest BCUT2D eigenvalue weighted by Crippen LogP contribution is 2.47. The Morgan fingerprint density at radius 3 is 2.00 bits per heavy atom. The van der Waals surface area contributed by atoms with Crippen molar-refractivity contribution < 1.29 is 13.3 Å². The lowest BCUT2D eigenvalue weighted by Crippen LogP contribution is -2.49. The number of fused-ring (bicyclic) bond motifs is 2. The van der Waals surface area contributed by atoms with Crippen LogP contribution in [0.1, 0.15) is 40.0 Å². The summed E-state index contributed by atoms with van der Waals surface area (Å²) in [4.78, 5) is 0. The van der Waals surface area contributed by atoms with Crippen molar-refractivity contribution in [2.45, 2.75) is 40.0 Å².